The fourth-order valence-corrected chi connectivity index (χ4v) is 4.13. The lowest BCUT2D eigenvalue weighted by Gasteiger charge is -2.27. The van der Waals surface area contributed by atoms with Gasteiger partial charge in [0.1, 0.15) is 11.6 Å². The molecule has 1 aromatic heterocycles. The number of ether oxygens (including phenoxy) is 1. The Morgan fingerprint density at radius 2 is 2.10 bits per heavy atom. The molecule has 6 nitrogen and oxygen atoms in total. The molecule has 0 amide bonds. The maximum atomic E-state index is 12.8. The van der Waals surface area contributed by atoms with E-state index in [9.17, 15) is 8.42 Å². The SMILES string of the molecule is COc1ccc(S(=O)(=O)N2CCn3ccnc3C2)c(C)c1. The second kappa shape index (κ2) is 5.16. The number of hydrogen-bond donors (Lipinski definition) is 0. The molecule has 0 saturated heterocycles. The van der Waals surface area contributed by atoms with Crippen molar-refractivity contribution in [1.82, 2.24) is 13.9 Å². The van der Waals surface area contributed by atoms with E-state index in [2.05, 4.69) is 4.98 Å². The predicted molar refractivity (Wildman–Crippen MR) is 77.6 cm³/mol. The van der Waals surface area contributed by atoms with Crippen molar-refractivity contribution in [1.29, 1.82) is 0 Å². The Kier molecular flexibility index (Phi) is 3.46. The van der Waals surface area contributed by atoms with Crippen LogP contribution in [0.15, 0.2) is 35.5 Å². The second-order valence-electron chi connectivity index (χ2n) is 5.01. The van der Waals surface area contributed by atoms with Crippen LogP contribution in [0, 0.1) is 6.92 Å². The van der Waals surface area contributed by atoms with Crippen LogP contribution in [0.2, 0.25) is 0 Å². The molecule has 0 saturated carbocycles. The molecule has 2 heterocycles. The van der Waals surface area contributed by atoms with Crippen LogP contribution in [0.25, 0.3) is 0 Å². The van der Waals surface area contributed by atoms with E-state index in [0.717, 1.165) is 5.82 Å². The molecule has 7 heteroatoms. The van der Waals surface area contributed by atoms with Crippen LogP contribution >= 0.6 is 0 Å². The Morgan fingerprint density at radius 3 is 2.81 bits per heavy atom. The Bertz CT molecular complexity index is 768. The standard InChI is InChI=1S/C14H17N3O3S/c1-11-9-12(20-2)3-4-13(11)21(18,19)17-8-7-16-6-5-15-14(16)10-17/h3-6,9H,7-8,10H2,1-2H3. The van der Waals surface area contributed by atoms with Gasteiger partial charge in [0.05, 0.1) is 18.6 Å². The van der Waals surface area contributed by atoms with Crippen LogP contribution < -0.4 is 4.74 Å². The van der Waals surface area contributed by atoms with Crippen LogP contribution in [0.5, 0.6) is 5.75 Å². The highest BCUT2D eigenvalue weighted by molar-refractivity contribution is 7.89. The van der Waals surface area contributed by atoms with Crippen molar-refractivity contribution in [2.24, 2.45) is 0 Å². The van der Waals surface area contributed by atoms with E-state index in [1.165, 1.54) is 4.31 Å². The largest absolute Gasteiger partial charge is 0.497 e. The van der Waals surface area contributed by atoms with Gasteiger partial charge in [-0.1, -0.05) is 0 Å². The predicted octanol–water partition coefficient (Wildman–Crippen LogP) is 1.40. The molecular weight excluding hydrogens is 290 g/mol. The highest BCUT2D eigenvalue weighted by Crippen LogP contribution is 2.26. The average Bonchev–Trinajstić information content (AvgIpc) is 2.94. The first kappa shape index (κ1) is 14.1. The molecule has 1 aliphatic heterocycles. The van der Waals surface area contributed by atoms with Crippen LogP contribution in [-0.4, -0.2) is 35.9 Å². The highest BCUT2D eigenvalue weighted by atomic mass is 32.2. The van der Waals surface area contributed by atoms with Crippen molar-refractivity contribution in [3.8, 4) is 5.75 Å². The van der Waals surface area contributed by atoms with Gasteiger partial charge in [0.15, 0.2) is 0 Å². The first-order chi connectivity index (χ1) is 10.0. The van der Waals surface area contributed by atoms with Crippen LogP contribution in [-0.2, 0) is 23.1 Å². The molecule has 1 aliphatic rings. The molecule has 0 N–H and O–H groups in total. The molecule has 0 radical (unpaired) electrons. The molecule has 0 aliphatic carbocycles. The summed E-state index contributed by atoms with van der Waals surface area (Å²) in [4.78, 5) is 4.52. The Balaban J connectivity index is 1.95. The molecule has 3 rings (SSSR count). The summed E-state index contributed by atoms with van der Waals surface area (Å²) in [5, 5.41) is 0. The molecule has 0 unspecified atom stereocenters. The quantitative estimate of drug-likeness (QED) is 0.860. The van der Waals surface area contributed by atoms with Gasteiger partial charge in [-0.15, -0.1) is 0 Å². The lowest BCUT2D eigenvalue weighted by Crippen LogP contribution is -2.38. The minimum atomic E-state index is -3.51. The number of sulfonamides is 1. The van der Waals surface area contributed by atoms with Crippen LogP contribution in [0.4, 0.5) is 0 Å². The zero-order chi connectivity index (χ0) is 15.0. The van der Waals surface area contributed by atoms with Crippen molar-refractivity contribution >= 4 is 10.0 Å². The Morgan fingerprint density at radius 1 is 1.29 bits per heavy atom. The Labute approximate surface area is 124 Å². The lowest BCUT2D eigenvalue weighted by atomic mass is 10.2. The summed E-state index contributed by atoms with van der Waals surface area (Å²) in [5.41, 5.74) is 0.684. The summed E-state index contributed by atoms with van der Waals surface area (Å²) < 4.78 is 34.2. The lowest BCUT2D eigenvalue weighted by molar-refractivity contribution is 0.335. The molecule has 21 heavy (non-hydrogen) atoms. The molecule has 0 fully saturated rings. The number of hydrogen-bond acceptors (Lipinski definition) is 4. The number of rotatable bonds is 3. The topological polar surface area (TPSA) is 64.4 Å². The second-order valence-corrected chi connectivity index (χ2v) is 6.91. The van der Waals surface area contributed by atoms with E-state index in [1.54, 1.807) is 38.4 Å². The summed E-state index contributed by atoms with van der Waals surface area (Å²) in [6.07, 6.45) is 3.57. The Hall–Kier alpha value is -1.86. The van der Waals surface area contributed by atoms with E-state index in [1.807, 2.05) is 10.8 Å². The zero-order valence-electron chi connectivity index (χ0n) is 12.0. The van der Waals surface area contributed by atoms with E-state index in [-0.39, 0.29) is 0 Å². The average molecular weight is 307 g/mol. The maximum absolute atomic E-state index is 12.8. The van der Waals surface area contributed by atoms with Crippen molar-refractivity contribution < 1.29 is 13.2 Å². The van der Waals surface area contributed by atoms with Gasteiger partial charge in [-0.2, -0.15) is 4.31 Å². The van der Waals surface area contributed by atoms with Gasteiger partial charge in [-0.3, -0.25) is 0 Å². The van der Waals surface area contributed by atoms with Gasteiger partial charge in [-0.25, -0.2) is 13.4 Å². The summed E-state index contributed by atoms with van der Waals surface area (Å²) in [6.45, 7) is 3.17. The van der Waals surface area contributed by atoms with Gasteiger partial charge in [0.2, 0.25) is 10.0 Å². The normalized spacial score (nSPS) is 15.7. The summed E-state index contributed by atoms with van der Waals surface area (Å²) >= 11 is 0. The summed E-state index contributed by atoms with van der Waals surface area (Å²) in [6, 6.07) is 5.01. The maximum Gasteiger partial charge on any atom is 0.243 e. The number of methoxy groups -OCH3 is 1. The smallest absolute Gasteiger partial charge is 0.243 e. The van der Waals surface area contributed by atoms with Gasteiger partial charge >= 0.3 is 0 Å². The van der Waals surface area contributed by atoms with Crippen LogP contribution in [0.3, 0.4) is 0 Å². The van der Waals surface area contributed by atoms with Crippen LogP contribution in [0.1, 0.15) is 11.4 Å². The fraction of sp³-hybridized carbons (Fsp3) is 0.357. The van der Waals surface area contributed by atoms with Crippen molar-refractivity contribution in [2.75, 3.05) is 13.7 Å². The highest BCUT2D eigenvalue weighted by Gasteiger charge is 2.30. The minimum Gasteiger partial charge on any atom is -0.497 e. The number of nitrogens with zero attached hydrogens (tertiary/aromatic N) is 3. The third-order valence-electron chi connectivity index (χ3n) is 3.71. The monoisotopic (exact) mass is 307 g/mol. The number of fused-ring (bicyclic) bond motifs is 1. The molecule has 0 bridgehead atoms. The number of imidazole rings is 1. The molecule has 2 aromatic rings. The first-order valence-electron chi connectivity index (χ1n) is 6.67. The van der Waals surface area contributed by atoms with Gasteiger partial charge in [-0.05, 0) is 30.7 Å². The minimum absolute atomic E-state index is 0.306. The first-order valence-corrected chi connectivity index (χ1v) is 8.11. The molecule has 0 spiro atoms. The van der Waals surface area contributed by atoms with E-state index in [0.29, 0.717) is 35.8 Å². The number of aromatic nitrogens is 2. The van der Waals surface area contributed by atoms with Crippen molar-refractivity contribution in [2.45, 2.75) is 24.9 Å². The number of aryl methyl sites for hydroxylation is 1. The molecular formula is C14H17N3O3S. The number of benzene rings is 1. The van der Waals surface area contributed by atoms with E-state index >= 15 is 0 Å². The summed E-state index contributed by atoms with van der Waals surface area (Å²) in [5.74, 6) is 1.43. The van der Waals surface area contributed by atoms with Gasteiger partial charge in [0, 0.05) is 25.5 Å². The fourth-order valence-electron chi connectivity index (χ4n) is 2.53. The van der Waals surface area contributed by atoms with E-state index < -0.39 is 10.0 Å². The third-order valence-corrected chi connectivity index (χ3v) is 5.72. The van der Waals surface area contributed by atoms with Gasteiger partial charge < -0.3 is 9.30 Å². The third kappa shape index (κ3) is 2.43. The van der Waals surface area contributed by atoms with Gasteiger partial charge in [0.25, 0.3) is 0 Å². The van der Waals surface area contributed by atoms with Crippen molar-refractivity contribution in [3.63, 3.8) is 0 Å². The molecule has 0 atom stereocenters. The van der Waals surface area contributed by atoms with E-state index in [4.69, 9.17) is 4.74 Å². The van der Waals surface area contributed by atoms with Crippen molar-refractivity contribution in [3.05, 3.63) is 42.0 Å². The molecule has 112 valence electrons. The molecule has 1 aromatic carbocycles. The zero-order valence-corrected chi connectivity index (χ0v) is 12.8. The summed E-state index contributed by atoms with van der Waals surface area (Å²) in [7, 11) is -1.95.